The Kier molecular flexibility index (Phi) is 7.72. The van der Waals surface area contributed by atoms with Crippen molar-refractivity contribution in [3.05, 3.63) is 107 Å². The highest BCUT2D eigenvalue weighted by Crippen LogP contribution is 2.39. The molecule has 178 valence electrons. The average molecular weight is 556 g/mol. The zero-order chi connectivity index (χ0) is 26.0. The van der Waals surface area contributed by atoms with Gasteiger partial charge in [-0.25, -0.2) is 0 Å². The number of hydrogen-bond donors (Lipinski definition) is 0. The van der Waals surface area contributed by atoms with E-state index in [0.717, 1.165) is 0 Å². The van der Waals surface area contributed by atoms with E-state index >= 15 is 0 Å². The van der Waals surface area contributed by atoms with Crippen molar-refractivity contribution < 1.29 is 19.2 Å². The van der Waals surface area contributed by atoms with Gasteiger partial charge in [0.1, 0.15) is 0 Å². The molecule has 0 spiro atoms. The second-order valence-corrected chi connectivity index (χ2v) is 9.09. The lowest BCUT2D eigenvalue weighted by atomic mass is 9.86. The smallest absolute Gasteiger partial charge is 0.253 e. The Hall–Kier alpha value is -3.28. The number of halogens is 4. The van der Waals surface area contributed by atoms with Crippen LogP contribution in [0.5, 0.6) is 0 Å². The minimum Gasteiger partial charge on any atom is -0.276 e. The monoisotopic (exact) mass is 554 g/mol. The van der Waals surface area contributed by atoms with Crippen LogP contribution in [0.15, 0.2) is 84.9 Å². The van der Waals surface area contributed by atoms with Gasteiger partial charge in [0, 0.05) is 22.3 Å². The van der Waals surface area contributed by atoms with Crippen LogP contribution < -0.4 is 0 Å². The standard InChI is InChI=1S/C28H14Cl4O4/c29-25(33)21-13-23(27(31)35)19(11-17(21)15-7-3-1-4-8-15)20-12-18(16-9-5-2-6-10-16)22(26(30)34)14-24(20)28(32)36/h1-14H. The molecule has 4 rings (SSSR count). The van der Waals surface area contributed by atoms with Gasteiger partial charge in [-0.1, -0.05) is 60.7 Å². The zero-order valence-electron chi connectivity index (χ0n) is 18.2. The van der Waals surface area contributed by atoms with Crippen molar-refractivity contribution in [1.29, 1.82) is 0 Å². The Balaban J connectivity index is 2.14. The molecule has 0 N–H and O–H groups in total. The number of rotatable bonds is 7. The second-order valence-electron chi connectivity index (χ2n) is 7.71. The van der Waals surface area contributed by atoms with Gasteiger partial charge in [-0.05, 0) is 104 Å². The molecule has 0 bridgehead atoms. The molecule has 0 aromatic heterocycles. The van der Waals surface area contributed by atoms with Crippen molar-refractivity contribution >= 4 is 67.4 Å². The fraction of sp³-hybridized carbons (Fsp3) is 0. The molecule has 0 heterocycles. The highest BCUT2D eigenvalue weighted by Gasteiger charge is 2.25. The van der Waals surface area contributed by atoms with Crippen molar-refractivity contribution in [2.45, 2.75) is 0 Å². The molecule has 0 saturated carbocycles. The SMILES string of the molecule is O=C(Cl)c1cc(C(=O)Cl)c(-c2cc(-c3ccccc3)c(C(=O)Cl)cc2C(=O)Cl)cc1-c1ccccc1. The van der Waals surface area contributed by atoms with E-state index in [-0.39, 0.29) is 33.4 Å². The fourth-order valence-electron chi connectivity index (χ4n) is 4.01. The van der Waals surface area contributed by atoms with Crippen LogP contribution in [-0.4, -0.2) is 21.0 Å². The van der Waals surface area contributed by atoms with Gasteiger partial charge < -0.3 is 0 Å². The largest absolute Gasteiger partial charge is 0.276 e. The molecule has 4 aromatic rings. The van der Waals surface area contributed by atoms with E-state index in [4.69, 9.17) is 46.4 Å². The molecule has 0 atom stereocenters. The lowest BCUT2D eigenvalue weighted by molar-refractivity contribution is 0.106. The summed E-state index contributed by atoms with van der Waals surface area (Å²) in [6.07, 6.45) is 0. The Bertz CT molecular complexity index is 1410. The Labute approximate surface area is 226 Å². The maximum atomic E-state index is 12.5. The summed E-state index contributed by atoms with van der Waals surface area (Å²) in [5.41, 5.74) is 2.56. The summed E-state index contributed by atoms with van der Waals surface area (Å²) < 4.78 is 0. The van der Waals surface area contributed by atoms with Gasteiger partial charge in [0.15, 0.2) is 0 Å². The van der Waals surface area contributed by atoms with Crippen LogP contribution in [0.3, 0.4) is 0 Å². The van der Waals surface area contributed by atoms with E-state index in [1.54, 1.807) is 60.7 Å². The molecule has 0 saturated heterocycles. The third kappa shape index (κ3) is 5.13. The van der Waals surface area contributed by atoms with Gasteiger partial charge in [0.05, 0.1) is 0 Å². The van der Waals surface area contributed by atoms with Crippen molar-refractivity contribution in [3.63, 3.8) is 0 Å². The number of carbonyl (C=O) groups excluding carboxylic acids is 4. The molecule has 0 aliphatic rings. The third-order valence-corrected chi connectivity index (χ3v) is 6.44. The predicted octanol–water partition coefficient (Wildman–Crippen LogP) is 8.20. The van der Waals surface area contributed by atoms with Crippen LogP contribution in [0, 0.1) is 0 Å². The summed E-state index contributed by atoms with van der Waals surface area (Å²) >= 11 is 23.5. The molecule has 0 unspecified atom stereocenters. The van der Waals surface area contributed by atoms with Gasteiger partial charge in [-0.2, -0.15) is 0 Å². The van der Waals surface area contributed by atoms with Gasteiger partial charge in [0.2, 0.25) is 0 Å². The summed E-state index contributed by atoms with van der Waals surface area (Å²) in [6.45, 7) is 0. The highest BCUT2D eigenvalue weighted by molar-refractivity contribution is 6.71. The molecule has 4 aromatic carbocycles. The third-order valence-electron chi connectivity index (χ3n) is 5.62. The van der Waals surface area contributed by atoms with E-state index < -0.39 is 21.0 Å². The molecular weight excluding hydrogens is 542 g/mol. The van der Waals surface area contributed by atoms with Crippen LogP contribution >= 0.6 is 46.4 Å². The van der Waals surface area contributed by atoms with Crippen molar-refractivity contribution in [2.24, 2.45) is 0 Å². The molecule has 36 heavy (non-hydrogen) atoms. The van der Waals surface area contributed by atoms with E-state index in [1.165, 1.54) is 12.1 Å². The first-order chi connectivity index (χ1) is 17.2. The Morgan fingerprint density at radius 2 is 0.667 bits per heavy atom. The Morgan fingerprint density at radius 3 is 0.944 bits per heavy atom. The Morgan fingerprint density at radius 1 is 0.389 bits per heavy atom. The van der Waals surface area contributed by atoms with E-state index in [1.807, 2.05) is 12.1 Å². The van der Waals surface area contributed by atoms with Gasteiger partial charge in [-0.3, -0.25) is 19.2 Å². The maximum absolute atomic E-state index is 12.5. The lowest BCUT2D eigenvalue weighted by Gasteiger charge is -2.18. The van der Waals surface area contributed by atoms with Gasteiger partial charge in [-0.15, -0.1) is 0 Å². The van der Waals surface area contributed by atoms with Gasteiger partial charge in [0.25, 0.3) is 21.0 Å². The summed E-state index contributed by atoms with van der Waals surface area (Å²) in [5, 5.41) is -3.34. The zero-order valence-corrected chi connectivity index (χ0v) is 21.3. The van der Waals surface area contributed by atoms with Crippen molar-refractivity contribution in [2.75, 3.05) is 0 Å². The first kappa shape index (κ1) is 25.8. The first-order valence-corrected chi connectivity index (χ1v) is 12.0. The van der Waals surface area contributed by atoms with Crippen LogP contribution in [0.25, 0.3) is 33.4 Å². The van der Waals surface area contributed by atoms with E-state index in [2.05, 4.69) is 0 Å². The molecule has 0 aliphatic carbocycles. The van der Waals surface area contributed by atoms with Crippen molar-refractivity contribution in [3.8, 4) is 33.4 Å². The molecule has 0 amide bonds. The second kappa shape index (κ2) is 10.8. The predicted molar refractivity (Wildman–Crippen MR) is 143 cm³/mol. The summed E-state index contributed by atoms with van der Waals surface area (Å²) in [7, 11) is 0. The van der Waals surface area contributed by atoms with Crippen LogP contribution in [0.2, 0.25) is 0 Å². The average Bonchev–Trinajstić information content (AvgIpc) is 2.87. The molecule has 8 heteroatoms. The molecule has 0 fully saturated rings. The van der Waals surface area contributed by atoms with E-state index in [0.29, 0.717) is 22.3 Å². The maximum Gasteiger partial charge on any atom is 0.253 e. The van der Waals surface area contributed by atoms with Crippen LogP contribution in [0.4, 0.5) is 0 Å². The minimum absolute atomic E-state index is 0.0604. The van der Waals surface area contributed by atoms with Crippen LogP contribution in [0.1, 0.15) is 41.4 Å². The fourth-order valence-corrected chi connectivity index (χ4v) is 4.63. The van der Waals surface area contributed by atoms with Crippen molar-refractivity contribution in [1.82, 2.24) is 0 Å². The summed E-state index contributed by atoms with van der Waals surface area (Å²) in [5.74, 6) is 0. The number of carbonyl (C=O) groups is 4. The molecular formula is C28H14Cl4O4. The molecule has 0 radical (unpaired) electrons. The molecule has 0 aliphatic heterocycles. The summed E-state index contributed by atoms with van der Waals surface area (Å²) in [6, 6.07) is 23.5. The highest BCUT2D eigenvalue weighted by atomic mass is 35.5. The topological polar surface area (TPSA) is 68.3 Å². The normalized spacial score (nSPS) is 10.7. The van der Waals surface area contributed by atoms with Crippen LogP contribution in [-0.2, 0) is 0 Å². The summed E-state index contributed by atoms with van der Waals surface area (Å²) in [4.78, 5) is 49.5. The minimum atomic E-state index is -0.879. The van der Waals surface area contributed by atoms with Gasteiger partial charge >= 0.3 is 0 Å². The first-order valence-electron chi connectivity index (χ1n) is 10.5. The van der Waals surface area contributed by atoms with E-state index in [9.17, 15) is 19.2 Å². The lowest BCUT2D eigenvalue weighted by Crippen LogP contribution is -2.06. The quantitative estimate of drug-likeness (QED) is 0.215. The molecule has 4 nitrogen and oxygen atoms in total. The number of benzene rings is 4. The number of hydrogen-bond acceptors (Lipinski definition) is 4.